The van der Waals surface area contributed by atoms with Crippen LogP contribution in [0.25, 0.3) is 0 Å². The second kappa shape index (κ2) is 5.14. The third-order valence-electron chi connectivity index (χ3n) is 2.28. The summed E-state index contributed by atoms with van der Waals surface area (Å²) in [4.78, 5) is 8.61. The van der Waals surface area contributed by atoms with Crippen molar-refractivity contribution in [1.82, 2.24) is 9.80 Å². The lowest BCUT2D eigenvalue weighted by atomic mass is 10.4. The first-order valence-corrected chi connectivity index (χ1v) is 4.68. The molecule has 0 amide bonds. The molecular weight excluding hydrogens is 150 g/mol. The molecule has 0 aromatic heterocycles. The summed E-state index contributed by atoms with van der Waals surface area (Å²) in [6.07, 6.45) is 4.65. The van der Waals surface area contributed by atoms with Crippen LogP contribution in [0.4, 0.5) is 0 Å². The summed E-state index contributed by atoms with van der Waals surface area (Å²) in [5.41, 5.74) is 0. The molecular formula is C9H19N3. The number of hydrogen-bond donors (Lipinski definition) is 0. The fourth-order valence-electron chi connectivity index (χ4n) is 1.56. The molecule has 0 spiro atoms. The highest BCUT2D eigenvalue weighted by molar-refractivity contribution is 5.53. The van der Waals surface area contributed by atoms with Crippen molar-refractivity contribution >= 4 is 6.34 Å². The Kier molecular flexibility index (Phi) is 4.08. The van der Waals surface area contributed by atoms with E-state index in [9.17, 15) is 0 Å². The number of likely N-dealkylation sites (tertiary alicyclic amines) is 1. The first-order valence-electron chi connectivity index (χ1n) is 4.68. The summed E-state index contributed by atoms with van der Waals surface area (Å²) in [5, 5.41) is 0. The van der Waals surface area contributed by atoms with Crippen molar-refractivity contribution < 1.29 is 0 Å². The molecule has 1 aliphatic rings. The highest BCUT2D eigenvalue weighted by Gasteiger charge is 2.10. The van der Waals surface area contributed by atoms with Gasteiger partial charge in [-0.3, -0.25) is 4.99 Å². The van der Waals surface area contributed by atoms with Gasteiger partial charge in [0.15, 0.2) is 0 Å². The summed E-state index contributed by atoms with van der Waals surface area (Å²) < 4.78 is 0. The van der Waals surface area contributed by atoms with Crippen LogP contribution in [0, 0.1) is 0 Å². The summed E-state index contributed by atoms with van der Waals surface area (Å²) in [7, 11) is 3.88. The van der Waals surface area contributed by atoms with Gasteiger partial charge < -0.3 is 9.80 Å². The topological polar surface area (TPSA) is 18.8 Å². The zero-order valence-corrected chi connectivity index (χ0v) is 8.16. The van der Waals surface area contributed by atoms with Crippen molar-refractivity contribution in [2.24, 2.45) is 4.99 Å². The highest BCUT2D eigenvalue weighted by atomic mass is 15.2. The molecule has 12 heavy (non-hydrogen) atoms. The molecule has 1 heterocycles. The van der Waals surface area contributed by atoms with E-state index in [2.05, 4.69) is 21.8 Å². The number of likely N-dealkylation sites (N-methyl/N-ethyl adjacent to an activating group) is 1. The van der Waals surface area contributed by atoms with Gasteiger partial charge in [-0.05, 0) is 25.9 Å². The fraction of sp³-hybridized carbons (Fsp3) is 0.889. The zero-order chi connectivity index (χ0) is 8.81. The average molecular weight is 169 g/mol. The largest absolute Gasteiger partial charge is 0.365 e. The van der Waals surface area contributed by atoms with Crippen molar-refractivity contribution in [1.29, 1.82) is 0 Å². The minimum atomic E-state index is 1.09. The standard InChI is InChI=1S/C9H19N3/c1-10-9-11(2)7-8-12-5-3-4-6-12/h9H,3-8H2,1-2H3/b10-9-. The molecule has 0 bridgehead atoms. The molecule has 1 aliphatic heterocycles. The Bertz CT molecular complexity index is 139. The van der Waals surface area contributed by atoms with Crippen LogP contribution in [-0.4, -0.2) is 56.4 Å². The van der Waals surface area contributed by atoms with E-state index in [0.29, 0.717) is 0 Å². The summed E-state index contributed by atoms with van der Waals surface area (Å²) >= 11 is 0. The Morgan fingerprint density at radius 3 is 2.67 bits per heavy atom. The molecule has 1 saturated heterocycles. The van der Waals surface area contributed by atoms with E-state index in [1.54, 1.807) is 0 Å². The van der Waals surface area contributed by atoms with Gasteiger partial charge in [0, 0.05) is 27.2 Å². The predicted octanol–water partition coefficient (Wildman–Crippen LogP) is 0.672. The van der Waals surface area contributed by atoms with Crippen LogP contribution < -0.4 is 0 Å². The first kappa shape index (κ1) is 9.52. The molecule has 0 unspecified atom stereocenters. The van der Waals surface area contributed by atoms with Gasteiger partial charge >= 0.3 is 0 Å². The van der Waals surface area contributed by atoms with Gasteiger partial charge in [0.05, 0.1) is 6.34 Å². The Morgan fingerprint density at radius 2 is 2.08 bits per heavy atom. The number of hydrogen-bond acceptors (Lipinski definition) is 2. The van der Waals surface area contributed by atoms with Gasteiger partial charge in [0.1, 0.15) is 0 Å². The molecule has 3 heteroatoms. The molecule has 0 saturated carbocycles. The van der Waals surface area contributed by atoms with Crippen LogP contribution in [-0.2, 0) is 0 Å². The number of aliphatic imine (C=N–C) groups is 1. The summed E-state index contributed by atoms with van der Waals surface area (Å²) in [6.45, 7) is 4.86. The second-order valence-corrected chi connectivity index (χ2v) is 3.40. The van der Waals surface area contributed by atoms with E-state index >= 15 is 0 Å². The molecule has 0 aliphatic carbocycles. The number of nitrogens with zero attached hydrogens (tertiary/aromatic N) is 3. The highest BCUT2D eigenvalue weighted by Crippen LogP contribution is 2.05. The third kappa shape index (κ3) is 3.22. The van der Waals surface area contributed by atoms with E-state index in [0.717, 1.165) is 6.54 Å². The summed E-state index contributed by atoms with van der Waals surface area (Å²) in [6, 6.07) is 0. The van der Waals surface area contributed by atoms with Gasteiger partial charge in [0.2, 0.25) is 0 Å². The number of rotatable bonds is 4. The quantitative estimate of drug-likeness (QED) is 0.455. The molecule has 0 atom stereocenters. The van der Waals surface area contributed by atoms with Crippen molar-refractivity contribution in [2.45, 2.75) is 12.8 Å². The van der Waals surface area contributed by atoms with E-state index < -0.39 is 0 Å². The van der Waals surface area contributed by atoms with Crippen LogP contribution >= 0.6 is 0 Å². The normalized spacial score (nSPS) is 19.2. The Hall–Kier alpha value is -0.570. The van der Waals surface area contributed by atoms with E-state index in [1.165, 1.54) is 32.5 Å². The lowest BCUT2D eigenvalue weighted by Crippen LogP contribution is -2.30. The molecule has 0 aromatic carbocycles. The first-order chi connectivity index (χ1) is 5.83. The SMILES string of the molecule is C/N=C\N(C)CCN1CCCC1. The summed E-state index contributed by atoms with van der Waals surface area (Å²) in [5.74, 6) is 0. The van der Waals surface area contributed by atoms with Crippen molar-refractivity contribution in [3.63, 3.8) is 0 Å². The maximum atomic E-state index is 3.96. The Morgan fingerprint density at radius 1 is 1.42 bits per heavy atom. The minimum absolute atomic E-state index is 1.09. The smallest absolute Gasteiger partial charge is 0.0844 e. The van der Waals surface area contributed by atoms with Gasteiger partial charge in [0.25, 0.3) is 0 Å². The van der Waals surface area contributed by atoms with Crippen LogP contribution in [0.15, 0.2) is 4.99 Å². The molecule has 0 N–H and O–H groups in total. The second-order valence-electron chi connectivity index (χ2n) is 3.40. The van der Waals surface area contributed by atoms with Crippen molar-refractivity contribution in [3.05, 3.63) is 0 Å². The van der Waals surface area contributed by atoms with Gasteiger partial charge in [-0.25, -0.2) is 0 Å². The van der Waals surface area contributed by atoms with Crippen LogP contribution in [0.1, 0.15) is 12.8 Å². The van der Waals surface area contributed by atoms with Crippen LogP contribution in [0.3, 0.4) is 0 Å². The van der Waals surface area contributed by atoms with Crippen molar-refractivity contribution in [2.75, 3.05) is 40.3 Å². The molecule has 1 fully saturated rings. The molecule has 0 radical (unpaired) electrons. The molecule has 1 rings (SSSR count). The molecule has 0 aromatic rings. The van der Waals surface area contributed by atoms with E-state index in [4.69, 9.17) is 0 Å². The molecule has 3 nitrogen and oxygen atoms in total. The zero-order valence-electron chi connectivity index (χ0n) is 8.16. The Balaban J connectivity index is 2.07. The lowest BCUT2D eigenvalue weighted by molar-refractivity contribution is 0.310. The average Bonchev–Trinajstić information content (AvgIpc) is 2.53. The van der Waals surface area contributed by atoms with E-state index in [-0.39, 0.29) is 0 Å². The van der Waals surface area contributed by atoms with Crippen LogP contribution in [0.2, 0.25) is 0 Å². The monoisotopic (exact) mass is 169 g/mol. The van der Waals surface area contributed by atoms with E-state index in [1.807, 2.05) is 13.4 Å². The molecule has 70 valence electrons. The van der Waals surface area contributed by atoms with Gasteiger partial charge in [-0.15, -0.1) is 0 Å². The van der Waals surface area contributed by atoms with Crippen LogP contribution in [0.5, 0.6) is 0 Å². The maximum absolute atomic E-state index is 3.96. The maximum Gasteiger partial charge on any atom is 0.0844 e. The minimum Gasteiger partial charge on any atom is -0.365 e. The van der Waals surface area contributed by atoms with Gasteiger partial charge in [-0.2, -0.15) is 0 Å². The lowest BCUT2D eigenvalue weighted by Gasteiger charge is -2.18. The van der Waals surface area contributed by atoms with Gasteiger partial charge in [-0.1, -0.05) is 0 Å². The van der Waals surface area contributed by atoms with Crippen molar-refractivity contribution in [3.8, 4) is 0 Å². The predicted molar refractivity (Wildman–Crippen MR) is 52.7 cm³/mol. The Labute approximate surface area is 75.1 Å². The fourth-order valence-corrected chi connectivity index (χ4v) is 1.56. The third-order valence-corrected chi connectivity index (χ3v) is 2.28.